The Morgan fingerprint density at radius 2 is 1.59 bits per heavy atom. The Balaban J connectivity index is 1.74. The van der Waals surface area contributed by atoms with E-state index in [1.54, 1.807) is 48.5 Å². The molecule has 4 rings (SSSR count). The van der Waals surface area contributed by atoms with Crippen LogP contribution in [-0.4, -0.2) is 26.5 Å². The van der Waals surface area contributed by atoms with Gasteiger partial charge in [-0.2, -0.15) is 12.8 Å². The Bertz CT molecular complexity index is 1330. The van der Waals surface area contributed by atoms with Crippen LogP contribution in [0, 0.1) is 5.82 Å². The fourth-order valence-electron chi connectivity index (χ4n) is 3.24. The summed E-state index contributed by atoms with van der Waals surface area (Å²) in [6.45, 7) is 2.42. The lowest BCUT2D eigenvalue weighted by atomic mass is 9.92. The summed E-state index contributed by atoms with van der Waals surface area (Å²) < 4.78 is 48.2. The van der Waals surface area contributed by atoms with Gasteiger partial charge in [-0.15, -0.1) is 0 Å². The molecule has 3 aromatic carbocycles. The van der Waals surface area contributed by atoms with Crippen molar-refractivity contribution in [3.05, 3.63) is 102 Å². The number of anilines is 1. The summed E-state index contributed by atoms with van der Waals surface area (Å²) in [4.78, 5) is 12.9. The Labute approximate surface area is 185 Å². The molecular formula is C24H19FN2O4S. The zero-order chi connectivity index (χ0) is 22.7. The summed E-state index contributed by atoms with van der Waals surface area (Å²) in [6, 6.07) is 18.1. The molecule has 0 radical (unpaired) electrons. The van der Waals surface area contributed by atoms with Gasteiger partial charge in [0.1, 0.15) is 11.6 Å². The molecule has 0 fully saturated rings. The molecule has 0 saturated carbocycles. The standard InChI is InChI=1S/C24H19FN2O4S/c1-2-31-18-11-9-17(10-12-18)26-23-15-22(20-5-3-4-6-21(20)24(23)28)27-32(29,30)19-13-7-16(25)8-14-19/h3-15,26H,2H2,1H3. The van der Waals surface area contributed by atoms with Gasteiger partial charge < -0.3 is 10.1 Å². The van der Waals surface area contributed by atoms with Gasteiger partial charge in [0.2, 0.25) is 5.78 Å². The van der Waals surface area contributed by atoms with E-state index in [9.17, 15) is 17.6 Å². The summed E-state index contributed by atoms with van der Waals surface area (Å²) in [6.07, 6.45) is 1.40. The van der Waals surface area contributed by atoms with Crippen LogP contribution in [0.2, 0.25) is 0 Å². The quantitative estimate of drug-likeness (QED) is 0.594. The lowest BCUT2D eigenvalue weighted by Gasteiger charge is -2.19. The predicted octanol–water partition coefficient (Wildman–Crippen LogP) is 4.59. The van der Waals surface area contributed by atoms with E-state index in [0.29, 0.717) is 29.2 Å². The van der Waals surface area contributed by atoms with Gasteiger partial charge in [0, 0.05) is 16.8 Å². The Hall–Kier alpha value is -3.78. The molecule has 0 amide bonds. The summed E-state index contributed by atoms with van der Waals surface area (Å²) in [7, 11) is -4.12. The minimum absolute atomic E-state index is 0.109. The second-order valence-corrected chi connectivity index (χ2v) is 8.52. The lowest BCUT2D eigenvalue weighted by Crippen LogP contribution is -2.22. The van der Waals surface area contributed by atoms with E-state index >= 15 is 0 Å². The topological polar surface area (TPSA) is 84.8 Å². The third kappa shape index (κ3) is 4.45. The van der Waals surface area contributed by atoms with Gasteiger partial charge in [0.05, 0.1) is 22.9 Å². The zero-order valence-electron chi connectivity index (χ0n) is 17.1. The predicted molar refractivity (Wildman–Crippen MR) is 120 cm³/mol. The van der Waals surface area contributed by atoms with Gasteiger partial charge in [-0.1, -0.05) is 24.3 Å². The molecule has 1 N–H and O–H groups in total. The van der Waals surface area contributed by atoms with Crippen LogP contribution in [0.1, 0.15) is 22.8 Å². The SMILES string of the molecule is CCOc1ccc(NC2=CC(=NS(=O)(=O)c3ccc(F)cc3)c3ccccc3C2=O)cc1. The van der Waals surface area contributed by atoms with Crippen LogP contribution in [0.3, 0.4) is 0 Å². The Morgan fingerprint density at radius 1 is 0.938 bits per heavy atom. The van der Waals surface area contributed by atoms with Crippen LogP contribution in [0.25, 0.3) is 0 Å². The fourth-order valence-corrected chi connectivity index (χ4v) is 4.24. The first-order valence-corrected chi connectivity index (χ1v) is 11.3. The van der Waals surface area contributed by atoms with E-state index in [1.165, 1.54) is 6.08 Å². The number of carbonyl (C=O) groups is 1. The van der Waals surface area contributed by atoms with E-state index in [-0.39, 0.29) is 22.1 Å². The molecule has 0 bridgehead atoms. The molecule has 0 spiro atoms. The average molecular weight is 450 g/mol. The third-order valence-corrected chi connectivity index (χ3v) is 6.05. The van der Waals surface area contributed by atoms with Gasteiger partial charge >= 0.3 is 0 Å². The summed E-state index contributed by atoms with van der Waals surface area (Å²) in [5, 5.41) is 3.03. The second-order valence-electron chi connectivity index (χ2n) is 6.92. The summed E-state index contributed by atoms with van der Waals surface area (Å²) in [5.74, 6) is -0.139. The van der Waals surface area contributed by atoms with E-state index in [4.69, 9.17) is 4.74 Å². The van der Waals surface area contributed by atoms with Crippen molar-refractivity contribution in [2.75, 3.05) is 11.9 Å². The third-order valence-electron chi connectivity index (χ3n) is 4.75. The highest BCUT2D eigenvalue weighted by atomic mass is 32.2. The molecule has 0 heterocycles. The van der Waals surface area contributed by atoms with Crippen LogP contribution >= 0.6 is 0 Å². The molecule has 3 aromatic rings. The Kier molecular flexibility index (Phi) is 5.87. The van der Waals surface area contributed by atoms with Crippen molar-refractivity contribution in [1.29, 1.82) is 0 Å². The number of sulfonamides is 1. The number of rotatable bonds is 6. The highest BCUT2D eigenvalue weighted by Crippen LogP contribution is 2.26. The number of halogens is 1. The maximum absolute atomic E-state index is 13.2. The van der Waals surface area contributed by atoms with Crippen molar-refractivity contribution in [3.8, 4) is 5.75 Å². The van der Waals surface area contributed by atoms with Crippen molar-refractivity contribution in [3.63, 3.8) is 0 Å². The molecule has 0 unspecified atom stereocenters. The molecule has 0 aliphatic heterocycles. The molecular weight excluding hydrogens is 431 g/mol. The first kappa shape index (κ1) is 21.5. The Morgan fingerprint density at radius 3 is 2.25 bits per heavy atom. The number of hydrogen-bond acceptors (Lipinski definition) is 5. The largest absolute Gasteiger partial charge is 0.494 e. The van der Waals surface area contributed by atoms with Crippen molar-refractivity contribution < 1.29 is 22.3 Å². The number of nitrogens with one attached hydrogen (secondary N) is 1. The molecule has 1 aliphatic carbocycles. The van der Waals surface area contributed by atoms with Crippen molar-refractivity contribution in [2.45, 2.75) is 11.8 Å². The minimum atomic E-state index is -4.12. The highest BCUT2D eigenvalue weighted by Gasteiger charge is 2.26. The maximum Gasteiger partial charge on any atom is 0.282 e. The first-order chi connectivity index (χ1) is 15.4. The maximum atomic E-state index is 13.2. The molecule has 1 aliphatic rings. The zero-order valence-corrected chi connectivity index (χ0v) is 17.9. The molecule has 0 saturated heterocycles. The van der Waals surface area contributed by atoms with Crippen LogP contribution < -0.4 is 10.1 Å². The number of Topliss-reactive ketones (excluding diaryl/α,β-unsaturated/α-hetero) is 1. The number of fused-ring (bicyclic) bond motifs is 1. The molecule has 0 aromatic heterocycles. The van der Waals surface area contributed by atoms with Gasteiger partial charge in [0.15, 0.2) is 0 Å². The highest BCUT2D eigenvalue weighted by molar-refractivity contribution is 7.90. The summed E-state index contributed by atoms with van der Waals surface area (Å²) >= 11 is 0. The van der Waals surface area contributed by atoms with Crippen LogP contribution in [0.5, 0.6) is 5.75 Å². The summed E-state index contributed by atoms with van der Waals surface area (Å²) in [5.41, 5.74) is 1.66. The number of carbonyl (C=O) groups excluding carboxylic acids is 1. The van der Waals surface area contributed by atoms with E-state index in [1.807, 2.05) is 6.92 Å². The number of ketones is 1. The van der Waals surface area contributed by atoms with Crippen LogP contribution in [-0.2, 0) is 10.0 Å². The number of nitrogens with zero attached hydrogens (tertiary/aromatic N) is 1. The van der Waals surface area contributed by atoms with Crippen LogP contribution in [0.15, 0.2) is 93.9 Å². The van der Waals surface area contributed by atoms with Gasteiger partial charge in [-0.3, -0.25) is 4.79 Å². The number of ether oxygens (including phenoxy) is 1. The van der Waals surface area contributed by atoms with E-state index in [0.717, 1.165) is 24.3 Å². The van der Waals surface area contributed by atoms with E-state index in [2.05, 4.69) is 9.71 Å². The number of benzene rings is 3. The smallest absolute Gasteiger partial charge is 0.282 e. The van der Waals surface area contributed by atoms with Crippen LogP contribution in [0.4, 0.5) is 10.1 Å². The monoisotopic (exact) mass is 450 g/mol. The number of hydrogen-bond donors (Lipinski definition) is 1. The van der Waals surface area contributed by atoms with Gasteiger partial charge in [0.25, 0.3) is 10.0 Å². The minimum Gasteiger partial charge on any atom is -0.494 e. The molecule has 32 heavy (non-hydrogen) atoms. The van der Waals surface area contributed by atoms with Gasteiger partial charge in [-0.05, 0) is 61.5 Å². The molecule has 0 atom stereocenters. The van der Waals surface area contributed by atoms with E-state index < -0.39 is 15.8 Å². The second kappa shape index (κ2) is 8.76. The van der Waals surface area contributed by atoms with Gasteiger partial charge in [-0.25, -0.2) is 4.39 Å². The molecule has 6 nitrogen and oxygen atoms in total. The number of allylic oxidation sites excluding steroid dienone is 2. The van der Waals surface area contributed by atoms with Crippen molar-refractivity contribution in [2.24, 2.45) is 4.40 Å². The molecule has 162 valence electrons. The first-order valence-electron chi connectivity index (χ1n) is 9.83. The fraction of sp³-hybridized carbons (Fsp3) is 0.0833. The van der Waals surface area contributed by atoms with Crippen molar-refractivity contribution in [1.82, 2.24) is 0 Å². The normalized spacial score (nSPS) is 14.6. The van der Waals surface area contributed by atoms with Crippen molar-refractivity contribution >= 4 is 27.2 Å². The lowest BCUT2D eigenvalue weighted by molar-refractivity contribution is 0.103. The average Bonchev–Trinajstić information content (AvgIpc) is 2.78. The molecule has 8 heteroatoms.